The highest BCUT2D eigenvalue weighted by Gasteiger charge is 2.61. The van der Waals surface area contributed by atoms with E-state index in [1.807, 2.05) is 6.08 Å². The Hall–Kier alpha value is -1.84. The standard InChI is InChI=1S/C13H11FO3/c1-17-12(16)8-6-13(8)5-4-7-2-3-9(15)11(14)10(7)13/h2-5,8,15H,6H2,1H3. The fourth-order valence-electron chi connectivity index (χ4n) is 2.69. The van der Waals surface area contributed by atoms with Gasteiger partial charge in [-0.1, -0.05) is 18.2 Å². The maximum atomic E-state index is 13.9. The molecule has 1 saturated carbocycles. The molecule has 1 fully saturated rings. The Kier molecular flexibility index (Phi) is 1.88. The summed E-state index contributed by atoms with van der Waals surface area (Å²) in [6.07, 6.45) is 4.17. The first-order valence-corrected chi connectivity index (χ1v) is 5.39. The smallest absolute Gasteiger partial charge is 0.309 e. The molecule has 2 unspecified atom stereocenters. The van der Waals surface area contributed by atoms with Gasteiger partial charge in [-0.15, -0.1) is 0 Å². The summed E-state index contributed by atoms with van der Waals surface area (Å²) in [5.41, 5.74) is 0.560. The second kappa shape index (κ2) is 3.09. The van der Waals surface area contributed by atoms with Gasteiger partial charge in [-0.3, -0.25) is 4.79 Å². The molecule has 4 heteroatoms. The average Bonchev–Trinajstić information content (AvgIpc) is 2.92. The molecule has 1 N–H and O–H groups in total. The molecule has 0 bridgehead atoms. The van der Waals surface area contributed by atoms with Crippen LogP contribution in [0.3, 0.4) is 0 Å². The third-order valence-electron chi connectivity index (χ3n) is 3.67. The molecule has 0 heterocycles. The first-order valence-electron chi connectivity index (χ1n) is 5.39. The van der Waals surface area contributed by atoms with E-state index < -0.39 is 11.2 Å². The van der Waals surface area contributed by atoms with Crippen molar-refractivity contribution in [1.82, 2.24) is 0 Å². The van der Waals surface area contributed by atoms with Gasteiger partial charge in [0.2, 0.25) is 0 Å². The number of hydrogen-bond acceptors (Lipinski definition) is 3. The van der Waals surface area contributed by atoms with E-state index in [-0.39, 0.29) is 17.6 Å². The van der Waals surface area contributed by atoms with Gasteiger partial charge < -0.3 is 9.84 Å². The number of phenols is 1. The van der Waals surface area contributed by atoms with Gasteiger partial charge in [0.1, 0.15) is 0 Å². The molecule has 0 amide bonds. The zero-order valence-corrected chi connectivity index (χ0v) is 9.24. The van der Waals surface area contributed by atoms with E-state index in [4.69, 9.17) is 0 Å². The van der Waals surface area contributed by atoms with Crippen LogP contribution in [0.15, 0.2) is 18.2 Å². The number of benzene rings is 1. The molecule has 0 aliphatic heterocycles. The van der Waals surface area contributed by atoms with Crippen molar-refractivity contribution in [3.05, 3.63) is 35.2 Å². The van der Waals surface area contributed by atoms with Gasteiger partial charge in [-0.05, 0) is 18.1 Å². The van der Waals surface area contributed by atoms with Crippen molar-refractivity contribution in [2.45, 2.75) is 11.8 Å². The molecule has 2 aliphatic carbocycles. The summed E-state index contributed by atoms with van der Waals surface area (Å²) < 4.78 is 18.6. The summed E-state index contributed by atoms with van der Waals surface area (Å²) in [5, 5.41) is 9.41. The quantitative estimate of drug-likeness (QED) is 0.756. The molecule has 0 aromatic heterocycles. The van der Waals surface area contributed by atoms with Crippen LogP contribution < -0.4 is 0 Å². The molecular weight excluding hydrogens is 223 g/mol. The van der Waals surface area contributed by atoms with Crippen LogP contribution in [-0.4, -0.2) is 18.2 Å². The van der Waals surface area contributed by atoms with E-state index in [1.54, 1.807) is 12.1 Å². The van der Waals surface area contributed by atoms with Crippen LogP contribution in [0.2, 0.25) is 0 Å². The Morgan fingerprint density at radius 3 is 3.06 bits per heavy atom. The summed E-state index contributed by atoms with van der Waals surface area (Å²) in [7, 11) is 1.33. The number of phenolic OH excluding ortho intramolecular Hbond substituents is 1. The van der Waals surface area contributed by atoms with Crippen LogP contribution in [0, 0.1) is 11.7 Å². The average molecular weight is 234 g/mol. The van der Waals surface area contributed by atoms with Gasteiger partial charge >= 0.3 is 5.97 Å². The van der Waals surface area contributed by atoms with Crippen molar-refractivity contribution in [1.29, 1.82) is 0 Å². The molecule has 3 nitrogen and oxygen atoms in total. The lowest BCUT2D eigenvalue weighted by Gasteiger charge is -2.12. The Morgan fingerprint density at radius 2 is 2.35 bits per heavy atom. The molecule has 1 aromatic rings. The maximum Gasteiger partial charge on any atom is 0.309 e. The summed E-state index contributed by atoms with van der Waals surface area (Å²) in [4.78, 5) is 11.5. The van der Waals surface area contributed by atoms with Crippen LogP contribution >= 0.6 is 0 Å². The summed E-state index contributed by atoms with van der Waals surface area (Å²) in [5.74, 6) is -1.66. The van der Waals surface area contributed by atoms with Crippen molar-refractivity contribution >= 4 is 12.0 Å². The molecule has 2 atom stereocenters. The molecule has 1 spiro atoms. The molecule has 2 aliphatic rings. The number of esters is 1. The molecular formula is C13H11FO3. The minimum absolute atomic E-state index is 0.328. The van der Waals surface area contributed by atoms with E-state index >= 15 is 0 Å². The monoisotopic (exact) mass is 234 g/mol. The SMILES string of the molecule is COC(=O)C1CC12C=Cc1ccc(O)c(F)c12. The number of carbonyl (C=O) groups is 1. The topological polar surface area (TPSA) is 46.5 Å². The Labute approximate surface area is 97.5 Å². The van der Waals surface area contributed by atoms with Crippen LogP contribution in [0.5, 0.6) is 5.75 Å². The summed E-state index contributed by atoms with van der Waals surface area (Å²) >= 11 is 0. The fraction of sp³-hybridized carbons (Fsp3) is 0.308. The van der Waals surface area contributed by atoms with Crippen molar-refractivity contribution in [3.63, 3.8) is 0 Å². The lowest BCUT2D eigenvalue weighted by Crippen LogP contribution is -2.14. The molecule has 0 saturated heterocycles. The van der Waals surface area contributed by atoms with E-state index in [0.29, 0.717) is 12.0 Å². The minimum atomic E-state index is -0.626. The first-order chi connectivity index (χ1) is 8.10. The van der Waals surface area contributed by atoms with Gasteiger partial charge in [0.15, 0.2) is 11.6 Å². The predicted molar refractivity (Wildman–Crippen MR) is 58.9 cm³/mol. The normalized spacial score (nSPS) is 28.2. The second-order valence-corrected chi connectivity index (χ2v) is 4.52. The highest BCUT2D eigenvalue weighted by Crippen LogP contribution is 2.61. The first kappa shape index (κ1) is 10.3. The highest BCUT2D eigenvalue weighted by atomic mass is 19.1. The van der Waals surface area contributed by atoms with E-state index in [1.165, 1.54) is 13.2 Å². The molecule has 88 valence electrons. The number of carbonyl (C=O) groups excluding carboxylic acids is 1. The van der Waals surface area contributed by atoms with E-state index in [9.17, 15) is 14.3 Å². The number of ether oxygens (including phenoxy) is 1. The van der Waals surface area contributed by atoms with Gasteiger partial charge in [0.25, 0.3) is 0 Å². The number of methoxy groups -OCH3 is 1. The van der Waals surface area contributed by atoms with E-state index in [0.717, 1.165) is 5.56 Å². The van der Waals surface area contributed by atoms with Gasteiger partial charge in [0.05, 0.1) is 13.0 Å². The molecule has 17 heavy (non-hydrogen) atoms. The number of halogens is 1. The van der Waals surface area contributed by atoms with Crippen LogP contribution in [-0.2, 0) is 14.9 Å². The van der Waals surface area contributed by atoms with Crippen LogP contribution in [0.25, 0.3) is 6.08 Å². The van der Waals surface area contributed by atoms with Crippen LogP contribution in [0.4, 0.5) is 4.39 Å². The summed E-state index contributed by atoms with van der Waals surface area (Å²) in [6.45, 7) is 0. The number of hydrogen-bond donors (Lipinski definition) is 1. The summed E-state index contributed by atoms with van der Waals surface area (Å²) in [6, 6.07) is 2.98. The zero-order valence-electron chi connectivity index (χ0n) is 9.24. The largest absolute Gasteiger partial charge is 0.505 e. The lowest BCUT2D eigenvalue weighted by molar-refractivity contribution is -0.142. The highest BCUT2D eigenvalue weighted by molar-refractivity contribution is 5.84. The Bertz CT molecular complexity index is 550. The Balaban J connectivity index is 2.09. The van der Waals surface area contributed by atoms with Crippen molar-refractivity contribution in [3.8, 4) is 5.75 Å². The number of rotatable bonds is 1. The van der Waals surface area contributed by atoms with Gasteiger partial charge in [0, 0.05) is 11.0 Å². The van der Waals surface area contributed by atoms with Crippen molar-refractivity contribution in [2.75, 3.05) is 7.11 Å². The molecule has 0 radical (unpaired) electrons. The lowest BCUT2D eigenvalue weighted by atomic mass is 9.94. The van der Waals surface area contributed by atoms with Gasteiger partial charge in [-0.25, -0.2) is 4.39 Å². The minimum Gasteiger partial charge on any atom is -0.505 e. The molecule has 1 aromatic carbocycles. The second-order valence-electron chi connectivity index (χ2n) is 4.52. The Morgan fingerprint density at radius 1 is 1.59 bits per heavy atom. The van der Waals surface area contributed by atoms with Crippen LogP contribution in [0.1, 0.15) is 17.5 Å². The van der Waals surface area contributed by atoms with E-state index in [2.05, 4.69) is 4.74 Å². The third kappa shape index (κ3) is 1.18. The molecule has 3 rings (SSSR count). The maximum absolute atomic E-state index is 13.9. The number of fused-ring (bicyclic) bond motifs is 2. The number of allylic oxidation sites excluding steroid dienone is 1. The predicted octanol–water partition coefficient (Wildman–Crippen LogP) is 1.99. The van der Waals surface area contributed by atoms with Gasteiger partial charge in [-0.2, -0.15) is 0 Å². The number of aromatic hydroxyl groups is 1. The van der Waals surface area contributed by atoms with Crippen molar-refractivity contribution in [2.24, 2.45) is 5.92 Å². The van der Waals surface area contributed by atoms with Crippen molar-refractivity contribution < 1.29 is 19.0 Å². The zero-order chi connectivity index (χ0) is 12.2. The fourth-order valence-corrected chi connectivity index (χ4v) is 2.69. The third-order valence-corrected chi connectivity index (χ3v) is 3.67.